The quantitative estimate of drug-likeness (QED) is 0.759. The lowest BCUT2D eigenvalue weighted by molar-refractivity contribution is -0.0409. The smallest absolute Gasteiger partial charge is 0.165 e. The van der Waals surface area contributed by atoms with Crippen molar-refractivity contribution in [1.82, 2.24) is 4.90 Å². The Morgan fingerprint density at radius 2 is 2.44 bits per heavy atom. The summed E-state index contributed by atoms with van der Waals surface area (Å²) in [5, 5.41) is 0. The molecule has 0 saturated carbocycles. The van der Waals surface area contributed by atoms with E-state index >= 15 is 0 Å². The number of halogens is 1. The van der Waals surface area contributed by atoms with Crippen molar-refractivity contribution < 1.29 is 18.7 Å². The lowest BCUT2D eigenvalue weighted by atomic mass is 10.2. The Labute approximate surface area is 105 Å². The molecule has 4 nitrogen and oxygen atoms in total. The van der Waals surface area contributed by atoms with E-state index in [2.05, 4.69) is 4.90 Å². The predicted molar refractivity (Wildman–Crippen MR) is 64.5 cm³/mol. The number of rotatable bonds is 4. The number of aldehydes is 1. The molecule has 2 rings (SSSR count). The van der Waals surface area contributed by atoms with E-state index in [1.54, 1.807) is 0 Å². The molecule has 1 unspecified atom stereocenters. The van der Waals surface area contributed by atoms with Crippen LogP contribution in [0.1, 0.15) is 10.4 Å². The third-order valence-corrected chi connectivity index (χ3v) is 2.88. The minimum absolute atomic E-state index is 0.00401. The van der Waals surface area contributed by atoms with Gasteiger partial charge in [-0.2, -0.15) is 0 Å². The largest absolute Gasteiger partial charge is 0.487 e. The van der Waals surface area contributed by atoms with Gasteiger partial charge in [0.15, 0.2) is 17.9 Å². The number of hydrogen-bond acceptors (Lipinski definition) is 4. The van der Waals surface area contributed by atoms with Gasteiger partial charge in [-0.05, 0) is 19.2 Å². The maximum atomic E-state index is 13.5. The first-order chi connectivity index (χ1) is 8.70. The molecule has 1 aliphatic rings. The summed E-state index contributed by atoms with van der Waals surface area (Å²) >= 11 is 0. The number of carbonyl (C=O) groups is 1. The van der Waals surface area contributed by atoms with Gasteiger partial charge in [-0.15, -0.1) is 0 Å². The van der Waals surface area contributed by atoms with Gasteiger partial charge in [-0.25, -0.2) is 4.39 Å². The molecule has 1 aliphatic heterocycles. The molecule has 0 spiro atoms. The molecule has 1 aromatic carbocycles. The van der Waals surface area contributed by atoms with Gasteiger partial charge in [-0.1, -0.05) is 6.07 Å². The molecular formula is C13H16FNO3. The molecule has 98 valence electrons. The van der Waals surface area contributed by atoms with Crippen LogP contribution in [0.3, 0.4) is 0 Å². The van der Waals surface area contributed by atoms with E-state index in [9.17, 15) is 9.18 Å². The Hall–Kier alpha value is -1.46. The van der Waals surface area contributed by atoms with Gasteiger partial charge >= 0.3 is 0 Å². The summed E-state index contributed by atoms with van der Waals surface area (Å²) in [5.74, 6) is -0.520. The van der Waals surface area contributed by atoms with Gasteiger partial charge < -0.3 is 14.4 Å². The van der Waals surface area contributed by atoms with Crippen LogP contribution in [0.2, 0.25) is 0 Å². The molecule has 1 saturated heterocycles. The van der Waals surface area contributed by atoms with E-state index in [1.807, 2.05) is 7.05 Å². The number of benzene rings is 1. The van der Waals surface area contributed by atoms with Crippen LogP contribution < -0.4 is 4.74 Å². The van der Waals surface area contributed by atoms with Gasteiger partial charge in [0.1, 0.15) is 12.7 Å². The van der Waals surface area contributed by atoms with Crippen LogP contribution >= 0.6 is 0 Å². The first-order valence-electron chi connectivity index (χ1n) is 5.87. The monoisotopic (exact) mass is 253 g/mol. The molecule has 0 amide bonds. The van der Waals surface area contributed by atoms with Crippen LogP contribution in [-0.4, -0.2) is 50.6 Å². The van der Waals surface area contributed by atoms with E-state index in [4.69, 9.17) is 9.47 Å². The number of para-hydroxylation sites is 1. The summed E-state index contributed by atoms with van der Waals surface area (Å²) < 4.78 is 24.4. The second kappa shape index (κ2) is 5.93. The number of ether oxygens (including phenoxy) is 2. The summed E-state index contributed by atoms with van der Waals surface area (Å²) in [5.41, 5.74) is 0.221. The molecule has 0 N–H and O–H groups in total. The minimum atomic E-state index is -0.524. The summed E-state index contributed by atoms with van der Waals surface area (Å²) in [6.45, 7) is 2.51. The Morgan fingerprint density at radius 3 is 3.17 bits per heavy atom. The van der Waals surface area contributed by atoms with E-state index in [0.717, 1.165) is 13.1 Å². The van der Waals surface area contributed by atoms with Crippen LogP contribution in [0.15, 0.2) is 18.2 Å². The first kappa shape index (κ1) is 13.0. The molecular weight excluding hydrogens is 237 g/mol. The first-order valence-corrected chi connectivity index (χ1v) is 5.87. The predicted octanol–water partition coefficient (Wildman–Crippen LogP) is 1.35. The summed E-state index contributed by atoms with van der Waals surface area (Å²) in [6.07, 6.45) is 0.495. The fraction of sp³-hybridized carbons (Fsp3) is 0.462. The summed E-state index contributed by atoms with van der Waals surface area (Å²) in [6, 6.07) is 4.28. The lowest BCUT2D eigenvalue weighted by Gasteiger charge is -2.29. The van der Waals surface area contributed by atoms with E-state index in [0.29, 0.717) is 12.9 Å². The standard InChI is InChI=1S/C13H16FNO3/c1-15-5-6-17-11(7-15)9-18-13-10(8-16)3-2-4-12(13)14/h2-4,8,11H,5-7,9H2,1H3. The van der Waals surface area contributed by atoms with Crippen molar-refractivity contribution in [1.29, 1.82) is 0 Å². The van der Waals surface area contributed by atoms with Crippen molar-refractivity contribution in [3.63, 3.8) is 0 Å². The normalized spacial score (nSPS) is 20.7. The molecule has 1 aromatic rings. The highest BCUT2D eigenvalue weighted by Gasteiger charge is 2.19. The number of morpholine rings is 1. The molecule has 5 heteroatoms. The molecule has 18 heavy (non-hydrogen) atoms. The van der Waals surface area contributed by atoms with Crippen molar-refractivity contribution in [3.05, 3.63) is 29.6 Å². The van der Waals surface area contributed by atoms with Crippen LogP contribution in [0.25, 0.3) is 0 Å². The van der Waals surface area contributed by atoms with Crippen molar-refractivity contribution >= 4 is 6.29 Å². The molecule has 0 radical (unpaired) electrons. The van der Waals surface area contributed by atoms with Crippen LogP contribution in [0.4, 0.5) is 4.39 Å². The zero-order valence-electron chi connectivity index (χ0n) is 10.3. The van der Waals surface area contributed by atoms with Crippen molar-refractivity contribution in [3.8, 4) is 5.75 Å². The van der Waals surface area contributed by atoms with Crippen molar-refractivity contribution in [2.75, 3.05) is 33.4 Å². The average molecular weight is 253 g/mol. The van der Waals surface area contributed by atoms with Gasteiger partial charge in [-0.3, -0.25) is 4.79 Å². The third-order valence-electron chi connectivity index (χ3n) is 2.88. The SMILES string of the molecule is CN1CCOC(COc2c(F)cccc2C=O)C1. The van der Waals surface area contributed by atoms with Crippen LogP contribution in [-0.2, 0) is 4.74 Å². The van der Waals surface area contributed by atoms with E-state index < -0.39 is 5.82 Å². The summed E-state index contributed by atoms with van der Waals surface area (Å²) in [4.78, 5) is 12.9. The second-order valence-corrected chi connectivity index (χ2v) is 4.34. The molecule has 1 atom stereocenters. The fourth-order valence-corrected chi connectivity index (χ4v) is 1.91. The number of likely N-dealkylation sites (N-methyl/N-ethyl adjacent to an activating group) is 1. The topological polar surface area (TPSA) is 38.8 Å². The van der Waals surface area contributed by atoms with Gasteiger partial charge in [0, 0.05) is 13.1 Å². The number of hydrogen-bond donors (Lipinski definition) is 0. The second-order valence-electron chi connectivity index (χ2n) is 4.34. The maximum absolute atomic E-state index is 13.5. The van der Waals surface area contributed by atoms with Gasteiger partial charge in [0.25, 0.3) is 0 Å². The summed E-state index contributed by atoms with van der Waals surface area (Å²) in [7, 11) is 2.00. The van der Waals surface area contributed by atoms with Crippen LogP contribution in [0.5, 0.6) is 5.75 Å². The van der Waals surface area contributed by atoms with Gasteiger partial charge in [0.05, 0.1) is 12.2 Å². The lowest BCUT2D eigenvalue weighted by Crippen LogP contribution is -2.42. The molecule has 1 heterocycles. The van der Waals surface area contributed by atoms with Gasteiger partial charge in [0.2, 0.25) is 0 Å². The Kier molecular flexibility index (Phi) is 4.28. The Bertz CT molecular complexity index is 425. The minimum Gasteiger partial charge on any atom is -0.487 e. The van der Waals surface area contributed by atoms with E-state index in [-0.39, 0.29) is 24.0 Å². The highest BCUT2D eigenvalue weighted by atomic mass is 19.1. The molecule has 0 aromatic heterocycles. The Balaban J connectivity index is 1.99. The molecule has 0 aliphatic carbocycles. The zero-order chi connectivity index (χ0) is 13.0. The number of nitrogens with zero attached hydrogens (tertiary/aromatic N) is 1. The molecule has 0 bridgehead atoms. The van der Waals surface area contributed by atoms with E-state index in [1.165, 1.54) is 18.2 Å². The highest BCUT2D eigenvalue weighted by Crippen LogP contribution is 2.21. The average Bonchev–Trinajstić information content (AvgIpc) is 2.37. The fourth-order valence-electron chi connectivity index (χ4n) is 1.91. The van der Waals surface area contributed by atoms with Crippen molar-refractivity contribution in [2.24, 2.45) is 0 Å². The van der Waals surface area contributed by atoms with Crippen molar-refractivity contribution in [2.45, 2.75) is 6.10 Å². The zero-order valence-corrected chi connectivity index (χ0v) is 10.3. The Morgan fingerprint density at radius 1 is 1.61 bits per heavy atom. The molecule has 1 fully saturated rings. The third kappa shape index (κ3) is 3.05. The number of carbonyl (C=O) groups excluding carboxylic acids is 1. The maximum Gasteiger partial charge on any atom is 0.165 e. The van der Waals surface area contributed by atoms with Crippen LogP contribution in [0, 0.1) is 5.82 Å². The highest BCUT2D eigenvalue weighted by molar-refractivity contribution is 5.79.